The Bertz CT molecular complexity index is 1080. The summed E-state index contributed by atoms with van der Waals surface area (Å²) < 4.78 is 29.1. The number of hydrogen-bond donors (Lipinski definition) is 1. The number of benzene rings is 2. The van der Waals surface area contributed by atoms with Gasteiger partial charge in [0.25, 0.3) is 11.6 Å². The Morgan fingerprint density at radius 1 is 1.23 bits per heavy atom. The molecule has 0 atom stereocenters. The number of sulfone groups is 1. The molecule has 166 valence electrons. The van der Waals surface area contributed by atoms with Crippen molar-refractivity contribution in [2.45, 2.75) is 30.3 Å². The van der Waals surface area contributed by atoms with Crippen LogP contribution in [-0.2, 0) is 16.4 Å². The number of para-hydroxylation sites is 1. The van der Waals surface area contributed by atoms with Gasteiger partial charge in [0.1, 0.15) is 5.75 Å². The smallest absolute Gasteiger partial charge is 0.271 e. The van der Waals surface area contributed by atoms with Crippen LogP contribution in [0.15, 0.2) is 47.4 Å². The average Bonchev–Trinajstić information content (AvgIpc) is 2.74. The average molecular weight is 448 g/mol. The zero-order valence-corrected chi connectivity index (χ0v) is 18.2. The van der Waals surface area contributed by atoms with E-state index in [0.29, 0.717) is 0 Å². The standard InChI is InChI=1S/C21H25N3O6S/c1-30-20-6-4-3-5-15(20)14-23-9-7-17(8-10-23)22-21(25)16-11-18(24(26)27)13-19(12-16)31(2,28)29/h3-6,11-13,17H,7-10,14H2,1-2H3,(H,22,25). The van der Waals surface area contributed by atoms with E-state index < -0.39 is 26.4 Å². The van der Waals surface area contributed by atoms with Crippen LogP contribution in [0.4, 0.5) is 5.69 Å². The zero-order chi connectivity index (χ0) is 22.6. The summed E-state index contributed by atoms with van der Waals surface area (Å²) in [6.07, 6.45) is 2.38. The molecular formula is C21H25N3O6S. The molecular weight excluding hydrogens is 422 g/mol. The lowest BCUT2D eigenvalue weighted by molar-refractivity contribution is -0.385. The second kappa shape index (κ2) is 9.44. The predicted octanol–water partition coefficient (Wildman–Crippen LogP) is 2.40. The second-order valence-electron chi connectivity index (χ2n) is 7.58. The molecule has 1 saturated heterocycles. The first-order chi connectivity index (χ1) is 14.7. The molecule has 0 unspecified atom stereocenters. The Hall–Kier alpha value is -2.98. The number of nitrogens with one attached hydrogen (secondary N) is 1. The maximum atomic E-state index is 12.7. The summed E-state index contributed by atoms with van der Waals surface area (Å²) in [5, 5.41) is 14.0. The molecule has 0 aromatic heterocycles. The predicted molar refractivity (Wildman–Crippen MR) is 115 cm³/mol. The van der Waals surface area contributed by atoms with Gasteiger partial charge in [0.05, 0.1) is 16.9 Å². The summed E-state index contributed by atoms with van der Waals surface area (Å²) >= 11 is 0. The summed E-state index contributed by atoms with van der Waals surface area (Å²) in [5.41, 5.74) is 0.628. The van der Waals surface area contributed by atoms with Crippen molar-refractivity contribution < 1.29 is 22.9 Å². The molecule has 9 nitrogen and oxygen atoms in total. The first-order valence-corrected chi connectivity index (χ1v) is 11.7. The summed E-state index contributed by atoms with van der Waals surface area (Å²) in [7, 11) is -2.05. The molecule has 0 spiro atoms. The van der Waals surface area contributed by atoms with Gasteiger partial charge in [0.2, 0.25) is 0 Å². The number of ether oxygens (including phenoxy) is 1. The number of carbonyl (C=O) groups is 1. The van der Waals surface area contributed by atoms with E-state index in [1.165, 1.54) is 6.07 Å². The second-order valence-corrected chi connectivity index (χ2v) is 9.60. The Morgan fingerprint density at radius 3 is 2.52 bits per heavy atom. The maximum absolute atomic E-state index is 12.7. The van der Waals surface area contributed by atoms with Gasteiger partial charge in [-0.3, -0.25) is 19.8 Å². The third-order valence-corrected chi connectivity index (χ3v) is 6.39. The fourth-order valence-corrected chi connectivity index (χ4v) is 4.29. The number of piperidine rings is 1. The van der Waals surface area contributed by atoms with Crippen molar-refractivity contribution in [1.29, 1.82) is 0 Å². The van der Waals surface area contributed by atoms with Gasteiger partial charge >= 0.3 is 0 Å². The maximum Gasteiger partial charge on any atom is 0.271 e. The third-order valence-electron chi connectivity index (χ3n) is 5.30. The minimum absolute atomic E-state index is 0.0360. The van der Waals surface area contributed by atoms with Gasteiger partial charge in [0.15, 0.2) is 9.84 Å². The van der Waals surface area contributed by atoms with Crippen LogP contribution in [0.2, 0.25) is 0 Å². The molecule has 3 rings (SSSR count). The molecule has 31 heavy (non-hydrogen) atoms. The number of nitrogens with zero attached hydrogens (tertiary/aromatic N) is 2. The number of rotatable bonds is 7. The first-order valence-electron chi connectivity index (χ1n) is 9.82. The lowest BCUT2D eigenvalue weighted by Crippen LogP contribution is -2.44. The van der Waals surface area contributed by atoms with E-state index in [4.69, 9.17) is 4.74 Å². The largest absolute Gasteiger partial charge is 0.496 e. The minimum atomic E-state index is -3.69. The molecule has 0 radical (unpaired) electrons. The molecule has 1 amide bonds. The van der Waals surface area contributed by atoms with E-state index in [2.05, 4.69) is 10.2 Å². The number of hydrogen-bond acceptors (Lipinski definition) is 7. The quantitative estimate of drug-likeness (QED) is 0.511. The number of methoxy groups -OCH3 is 1. The lowest BCUT2D eigenvalue weighted by atomic mass is 10.0. The molecule has 2 aromatic rings. The van der Waals surface area contributed by atoms with Crippen LogP contribution in [0.3, 0.4) is 0 Å². The monoisotopic (exact) mass is 447 g/mol. The Labute approximate surface area is 181 Å². The van der Waals surface area contributed by atoms with E-state index in [0.717, 1.165) is 62.2 Å². The summed E-state index contributed by atoms with van der Waals surface area (Å²) in [6, 6.07) is 11.0. The highest BCUT2D eigenvalue weighted by Crippen LogP contribution is 2.23. The van der Waals surface area contributed by atoms with Gasteiger partial charge in [-0.1, -0.05) is 18.2 Å². The number of nitro groups is 1. The van der Waals surface area contributed by atoms with Crippen molar-refractivity contribution >= 4 is 21.4 Å². The molecule has 10 heteroatoms. The van der Waals surface area contributed by atoms with Crippen LogP contribution < -0.4 is 10.1 Å². The van der Waals surface area contributed by atoms with Crippen molar-refractivity contribution in [2.24, 2.45) is 0 Å². The summed E-state index contributed by atoms with van der Waals surface area (Å²) in [6.45, 7) is 2.28. The Balaban J connectivity index is 1.64. The van der Waals surface area contributed by atoms with E-state index in [1.807, 2.05) is 24.3 Å². The first kappa shape index (κ1) is 22.7. The summed E-state index contributed by atoms with van der Waals surface area (Å²) in [5.74, 6) is 0.321. The van der Waals surface area contributed by atoms with Crippen LogP contribution >= 0.6 is 0 Å². The van der Waals surface area contributed by atoms with E-state index >= 15 is 0 Å². The van der Waals surface area contributed by atoms with Crippen LogP contribution in [0, 0.1) is 10.1 Å². The molecule has 1 aliphatic heterocycles. The minimum Gasteiger partial charge on any atom is -0.496 e. The van der Waals surface area contributed by atoms with Gasteiger partial charge in [0, 0.05) is 55.2 Å². The van der Waals surface area contributed by atoms with E-state index in [-0.39, 0.29) is 16.5 Å². The zero-order valence-electron chi connectivity index (χ0n) is 17.4. The molecule has 0 bridgehead atoms. The highest BCUT2D eigenvalue weighted by Gasteiger charge is 2.24. The van der Waals surface area contributed by atoms with Crippen molar-refractivity contribution in [2.75, 3.05) is 26.5 Å². The van der Waals surface area contributed by atoms with Crippen LogP contribution in [0.1, 0.15) is 28.8 Å². The van der Waals surface area contributed by atoms with Crippen molar-refractivity contribution in [1.82, 2.24) is 10.2 Å². The lowest BCUT2D eigenvalue weighted by Gasteiger charge is -2.32. The van der Waals surface area contributed by atoms with Gasteiger partial charge in [-0.15, -0.1) is 0 Å². The normalized spacial score (nSPS) is 15.4. The SMILES string of the molecule is COc1ccccc1CN1CCC(NC(=O)c2cc([N+](=O)[O-])cc(S(C)(=O)=O)c2)CC1. The fourth-order valence-electron chi connectivity index (χ4n) is 3.61. The van der Waals surface area contributed by atoms with E-state index in [9.17, 15) is 23.3 Å². The number of amides is 1. The number of likely N-dealkylation sites (tertiary alicyclic amines) is 1. The number of non-ortho nitro benzene ring substituents is 1. The molecule has 2 aromatic carbocycles. The van der Waals surface area contributed by atoms with Crippen LogP contribution in [-0.4, -0.2) is 56.6 Å². The van der Waals surface area contributed by atoms with E-state index in [1.54, 1.807) is 7.11 Å². The molecule has 1 aliphatic rings. The van der Waals surface area contributed by atoms with Crippen LogP contribution in [0.25, 0.3) is 0 Å². The highest BCUT2D eigenvalue weighted by atomic mass is 32.2. The van der Waals surface area contributed by atoms with Crippen molar-refractivity contribution in [3.63, 3.8) is 0 Å². The fraction of sp³-hybridized carbons (Fsp3) is 0.381. The number of carbonyl (C=O) groups excluding carboxylic acids is 1. The topological polar surface area (TPSA) is 119 Å². The van der Waals surface area contributed by atoms with Crippen LogP contribution in [0.5, 0.6) is 5.75 Å². The van der Waals surface area contributed by atoms with Crippen molar-refractivity contribution in [3.8, 4) is 5.75 Å². The Morgan fingerprint density at radius 2 is 1.90 bits per heavy atom. The van der Waals surface area contributed by atoms with Crippen molar-refractivity contribution in [3.05, 3.63) is 63.7 Å². The Kier molecular flexibility index (Phi) is 6.91. The molecule has 1 fully saturated rings. The number of nitro benzene ring substituents is 1. The third kappa shape index (κ3) is 5.80. The summed E-state index contributed by atoms with van der Waals surface area (Å²) in [4.78, 5) is 25.1. The van der Waals surface area contributed by atoms with Gasteiger partial charge < -0.3 is 10.1 Å². The van der Waals surface area contributed by atoms with Gasteiger partial charge in [-0.25, -0.2) is 8.42 Å². The molecule has 0 saturated carbocycles. The molecule has 1 heterocycles. The molecule has 1 N–H and O–H groups in total. The van der Waals surface area contributed by atoms with Gasteiger partial charge in [-0.2, -0.15) is 0 Å². The van der Waals surface area contributed by atoms with Gasteiger partial charge in [-0.05, 0) is 25.0 Å². The highest BCUT2D eigenvalue weighted by molar-refractivity contribution is 7.90. The molecule has 0 aliphatic carbocycles.